The van der Waals surface area contributed by atoms with Crippen molar-refractivity contribution in [3.05, 3.63) is 65.2 Å². The van der Waals surface area contributed by atoms with Crippen molar-refractivity contribution < 1.29 is 13.2 Å². The first-order valence-electron chi connectivity index (χ1n) is 7.96. The van der Waals surface area contributed by atoms with E-state index in [-0.39, 0.29) is 11.7 Å². The molecule has 0 aromatic heterocycles. The Balaban J connectivity index is 2.04. The monoisotopic (exact) mass is 345 g/mol. The molecule has 0 saturated heterocycles. The lowest BCUT2D eigenvalue weighted by Crippen LogP contribution is -2.12. The Bertz CT molecular complexity index is 794. The van der Waals surface area contributed by atoms with E-state index in [2.05, 4.69) is 19.2 Å². The molecule has 0 radical (unpaired) electrons. The molecule has 0 unspecified atom stereocenters. The fourth-order valence-corrected chi connectivity index (χ4v) is 3.19. The number of carbonyl (C=O) groups is 1. The van der Waals surface area contributed by atoms with Gasteiger partial charge < -0.3 is 5.32 Å². The summed E-state index contributed by atoms with van der Waals surface area (Å²) in [6.45, 7) is 4.32. The first-order valence-corrected chi connectivity index (χ1v) is 10.0. The zero-order chi connectivity index (χ0) is 17.7. The average molecular weight is 345 g/mol. The predicted molar refractivity (Wildman–Crippen MR) is 98.1 cm³/mol. The SMILES string of the molecule is CC[C@@H](C)c1ccc(NC(=O)c2ccc(CS(C)(=O)=O)cc2)cc1. The van der Waals surface area contributed by atoms with Crippen LogP contribution in [0.4, 0.5) is 5.69 Å². The van der Waals surface area contributed by atoms with E-state index in [1.54, 1.807) is 24.3 Å². The topological polar surface area (TPSA) is 63.2 Å². The van der Waals surface area contributed by atoms with E-state index in [9.17, 15) is 13.2 Å². The fourth-order valence-electron chi connectivity index (χ4n) is 2.39. The van der Waals surface area contributed by atoms with Crippen molar-refractivity contribution in [2.45, 2.75) is 31.9 Å². The summed E-state index contributed by atoms with van der Waals surface area (Å²) in [6.07, 6.45) is 2.27. The average Bonchev–Trinajstić information content (AvgIpc) is 2.54. The summed E-state index contributed by atoms with van der Waals surface area (Å²) in [5.74, 6) is 0.265. The van der Waals surface area contributed by atoms with E-state index < -0.39 is 9.84 Å². The van der Waals surface area contributed by atoms with Crippen molar-refractivity contribution >= 4 is 21.4 Å². The van der Waals surface area contributed by atoms with E-state index in [4.69, 9.17) is 0 Å². The first kappa shape index (κ1) is 18.2. The normalized spacial score (nSPS) is 12.6. The van der Waals surface area contributed by atoms with E-state index in [0.717, 1.165) is 12.1 Å². The highest BCUT2D eigenvalue weighted by Gasteiger charge is 2.09. The molecule has 0 aliphatic heterocycles. The van der Waals surface area contributed by atoms with E-state index >= 15 is 0 Å². The Hall–Kier alpha value is -2.14. The second kappa shape index (κ2) is 7.62. The van der Waals surface area contributed by atoms with Crippen LogP contribution in [0.1, 0.15) is 47.7 Å². The van der Waals surface area contributed by atoms with Gasteiger partial charge in [0.15, 0.2) is 9.84 Å². The first-order chi connectivity index (χ1) is 11.3. The van der Waals surface area contributed by atoms with Crippen LogP contribution in [0.5, 0.6) is 0 Å². The summed E-state index contributed by atoms with van der Waals surface area (Å²) in [6, 6.07) is 14.5. The van der Waals surface area contributed by atoms with Crippen molar-refractivity contribution in [2.75, 3.05) is 11.6 Å². The summed E-state index contributed by atoms with van der Waals surface area (Å²) >= 11 is 0. The minimum atomic E-state index is -3.07. The zero-order valence-electron chi connectivity index (χ0n) is 14.2. The molecule has 1 N–H and O–H groups in total. The minimum absolute atomic E-state index is 0.0219. The molecule has 2 aromatic rings. The highest BCUT2D eigenvalue weighted by atomic mass is 32.2. The summed E-state index contributed by atoms with van der Waals surface area (Å²) < 4.78 is 22.6. The zero-order valence-corrected chi connectivity index (χ0v) is 15.1. The Morgan fingerprint density at radius 3 is 2.12 bits per heavy atom. The Labute approximate surface area is 143 Å². The highest BCUT2D eigenvalue weighted by Crippen LogP contribution is 2.21. The molecule has 128 valence electrons. The summed E-state index contributed by atoms with van der Waals surface area (Å²) in [5.41, 5.74) is 3.16. The molecule has 4 nitrogen and oxygen atoms in total. The maximum Gasteiger partial charge on any atom is 0.255 e. The van der Waals surface area contributed by atoms with Crippen LogP contribution in [0.15, 0.2) is 48.5 Å². The Kier molecular flexibility index (Phi) is 5.78. The Morgan fingerprint density at radius 2 is 1.62 bits per heavy atom. The molecule has 0 aliphatic carbocycles. The van der Waals surface area contributed by atoms with Crippen molar-refractivity contribution in [1.29, 1.82) is 0 Å². The van der Waals surface area contributed by atoms with Crippen LogP contribution in [0.3, 0.4) is 0 Å². The maximum absolute atomic E-state index is 12.3. The molecule has 0 bridgehead atoms. The molecular weight excluding hydrogens is 322 g/mol. The van der Waals surface area contributed by atoms with Gasteiger partial charge in [-0.1, -0.05) is 38.1 Å². The molecule has 1 atom stereocenters. The number of amides is 1. The largest absolute Gasteiger partial charge is 0.322 e. The summed E-state index contributed by atoms with van der Waals surface area (Å²) in [7, 11) is -3.07. The van der Waals surface area contributed by atoms with Crippen LogP contribution in [-0.4, -0.2) is 20.6 Å². The lowest BCUT2D eigenvalue weighted by Gasteiger charge is -2.10. The molecule has 0 fully saturated rings. The van der Waals surface area contributed by atoms with Gasteiger partial charge >= 0.3 is 0 Å². The van der Waals surface area contributed by atoms with Gasteiger partial charge in [0.05, 0.1) is 5.75 Å². The van der Waals surface area contributed by atoms with Gasteiger partial charge in [-0.25, -0.2) is 8.42 Å². The molecule has 0 spiro atoms. The summed E-state index contributed by atoms with van der Waals surface area (Å²) in [5, 5.41) is 2.85. The third-order valence-corrected chi connectivity index (χ3v) is 4.85. The van der Waals surface area contributed by atoms with Crippen LogP contribution in [-0.2, 0) is 15.6 Å². The number of anilines is 1. The van der Waals surface area contributed by atoms with Gasteiger partial charge in [0.25, 0.3) is 5.91 Å². The van der Waals surface area contributed by atoms with Gasteiger partial charge in [0.2, 0.25) is 0 Å². The molecule has 24 heavy (non-hydrogen) atoms. The Morgan fingerprint density at radius 1 is 1.04 bits per heavy atom. The second-order valence-electron chi connectivity index (χ2n) is 6.15. The lowest BCUT2D eigenvalue weighted by atomic mass is 9.98. The van der Waals surface area contributed by atoms with Gasteiger partial charge in [-0.05, 0) is 47.7 Å². The molecule has 0 heterocycles. The minimum Gasteiger partial charge on any atom is -0.322 e. The fraction of sp³-hybridized carbons (Fsp3) is 0.316. The van der Waals surface area contributed by atoms with Crippen LogP contribution < -0.4 is 5.32 Å². The predicted octanol–water partition coefficient (Wildman–Crippen LogP) is 4.00. The van der Waals surface area contributed by atoms with Gasteiger partial charge in [0.1, 0.15) is 0 Å². The quantitative estimate of drug-likeness (QED) is 0.861. The number of hydrogen-bond donors (Lipinski definition) is 1. The number of benzene rings is 2. The second-order valence-corrected chi connectivity index (χ2v) is 8.29. The van der Waals surface area contributed by atoms with Crippen molar-refractivity contribution in [3.63, 3.8) is 0 Å². The molecule has 2 aromatic carbocycles. The van der Waals surface area contributed by atoms with Crippen molar-refractivity contribution in [3.8, 4) is 0 Å². The number of hydrogen-bond acceptors (Lipinski definition) is 3. The van der Waals surface area contributed by atoms with Crippen LogP contribution in [0.25, 0.3) is 0 Å². The van der Waals surface area contributed by atoms with Crippen molar-refractivity contribution in [1.82, 2.24) is 0 Å². The molecule has 0 saturated carbocycles. The van der Waals surface area contributed by atoms with E-state index in [0.29, 0.717) is 17.0 Å². The molecule has 0 aliphatic rings. The molecular formula is C19H23NO3S. The number of rotatable bonds is 6. The van der Waals surface area contributed by atoms with E-state index in [1.807, 2.05) is 24.3 Å². The van der Waals surface area contributed by atoms with E-state index in [1.165, 1.54) is 11.8 Å². The standard InChI is InChI=1S/C19H23NO3S/c1-4-14(2)16-9-11-18(12-10-16)20-19(21)17-7-5-15(6-8-17)13-24(3,22)23/h5-12,14H,4,13H2,1-3H3,(H,20,21)/t14-/m1/s1. The van der Waals surface area contributed by atoms with Crippen LogP contribution in [0.2, 0.25) is 0 Å². The number of sulfone groups is 1. The molecule has 1 amide bonds. The van der Waals surface area contributed by atoms with Gasteiger partial charge in [-0.15, -0.1) is 0 Å². The molecule has 5 heteroatoms. The number of carbonyl (C=O) groups excluding carboxylic acids is 1. The van der Waals surface area contributed by atoms with Crippen LogP contribution in [0, 0.1) is 0 Å². The smallest absolute Gasteiger partial charge is 0.255 e. The maximum atomic E-state index is 12.3. The lowest BCUT2D eigenvalue weighted by molar-refractivity contribution is 0.102. The summed E-state index contributed by atoms with van der Waals surface area (Å²) in [4.78, 5) is 12.3. The number of nitrogens with one attached hydrogen (secondary N) is 1. The molecule has 2 rings (SSSR count). The van der Waals surface area contributed by atoms with Gasteiger partial charge in [0, 0.05) is 17.5 Å². The third kappa shape index (κ3) is 5.20. The highest BCUT2D eigenvalue weighted by molar-refractivity contribution is 7.89. The van der Waals surface area contributed by atoms with Gasteiger partial charge in [-0.2, -0.15) is 0 Å². The van der Waals surface area contributed by atoms with Gasteiger partial charge in [-0.3, -0.25) is 4.79 Å². The van der Waals surface area contributed by atoms with Crippen molar-refractivity contribution in [2.24, 2.45) is 0 Å². The van der Waals surface area contributed by atoms with Crippen LogP contribution >= 0.6 is 0 Å². The third-order valence-electron chi connectivity index (χ3n) is 3.99.